The molecule has 8 rings (SSSR count). The second kappa shape index (κ2) is 20.2. The summed E-state index contributed by atoms with van der Waals surface area (Å²) >= 11 is 0. The SMILES string of the molecule is CCn1nc(C)cc1C(=O)CCCCc1nc2cc(C(N)=O)cc(OCCCN3CCOCC3)c2n1C/C=C/Cn1c(NC(=O)c2cc(C)nn2CC)nc2cc(C(N)=O)c3oc(C)cc3c21. The number of hydrogen-bond acceptors (Lipinski definition) is 12. The molecule has 0 atom stereocenters. The standard InChI is InChI=1S/C48H58N12O7/c1-6-59-37(23-29(3)54-59)39(61)13-8-9-14-41-51-35-26-32(45(49)62)27-40(66-20-12-15-56-18-21-65-22-19-56)43(35)57(41)16-10-11-17-58-42-33-25-31(5)67-44(33)34(46(50)63)28-36(42)52-48(58)53-47(64)38-24-30(4)55-60(38)7-2/h10-11,23-28H,6-9,12-22H2,1-5H3,(H2,49,62)(H2,50,63)(H,52,53,64)/b11-10+. The van der Waals surface area contributed by atoms with Crippen molar-refractivity contribution in [1.29, 1.82) is 0 Å². The van der Waals surface area contributed by atoms with Gasteiger partial charge in [0.15, 0.2) is 5.78 Å². The van der Waals surface area contributed by atoms with Gasteiger partial charge in [-0.05, 0) is 90.3 Å². The Morgan fingerprint density at radius 3 is 2.18 bits per heavy atom. The number of primary amides is 2. The fourth-order valence-corrected chi connectivity index (χ4v) is 8.82. The first kappa shape index (κ1) is 46.4. The van der Waals surface area contributed by atoms with Gasteiger partial charge in [0.25, 0.3) is 11.8 Å². The van der Waals surface area contributed by atoms with Crippen LogP contribution < -0.4 is 21.5 Å². The summed E-state index contributed by atoms with van der Waals surface area (Å²) in [5, 5.41) is 12.5. The van der Waals surface area contributed by atoms with Crippen LogP contribution in [-0.2, 0) is 37.3 Å². The lowest BCUT2D eigenvalue weighted by atomic mass is 10.1. The molecule has 1 aliphatic heterocycles. The fourth-order valence-electron chi connectivity index (χ4n) is 8.82. The Labute approximate surface area is 387 Å². The van der Waals surface area contributed by atoms with Crippen LogP contribution in [0.15, 0.2) is 53.0 Å². The first-order chi connectivity index (χ1) is 32.3. The number of furan rings is 1. The largest absolute Gasteiger partial charge is 0.491 e. The molecule has 3 amide bonds. The average molecular weight is 915 g/mol. The van der Waals surface area contributed by atoms with E-state index in [1.807, 2.05) is 56.5 Å². The van der Waals surface area contributed by atoms with E-state index in [1.165, 1.54) is 0 Å². The van der Waals surface area contributed by atoms with Crippen molar-refractivity contribution in [3.05, 3.63) is 94.0 Å². The molecule has 5 aromatic heterocycles. The summed E-state index contributed by atoms with van der Waals surface area (Å²) in [4.78, 5) is 64.6. The lowest BCUT2D eigenvalue weighted by Gasteiger charge is -2.26. The number of amides is 3. The van der Waals surface area contributed by atoms with Crippen LogP contribution >= 0.6 is 0 Å². The molecule has 352 valence electrons. The molecule has 19 nitrogen and oxygen atoms in total. The van der Waals surface area contributed by atoms with Gasteiger partial charge >= 0.3 is 0 Å². The number of fused-ring (bicyclic) bond motifs is 4. The predicted octanol–water partition coefficient (Wildman–Crippen LogP) is 5.89. The number of ketones is 1. The number of ether oxygens (including phenoxy) is 2. The van der Waals surface area contributed by atoms with Crippen molar-refractivity contribution in [2.24, 2.45) is 11.5 Å². The van der Waals surface area contributed by atoms with E-state index in [4.69, 9.17) is 35.3 Å². The number of morpholine rings is 1. The highest BCUT2D eigenvalue weighted by Crippen LogP contribution is 2.34. The van der Waals surface area contributed by atoms with Crippen molar-refractivity contribution in [2.75, 3.05) is 44.8 Å². The summed E-state index contributed by atoms with van der Waals surface area (Å²) in [5.41, 5.74) is 17.3. The lowest BCUT2D eigenvalue weighted by molar-refractivity contribution is 0.0358. The Bertz CT molecular complexity index is 3010. The highest BCUT2D eigenvalue weighted by molar-refractivity contribution is 6.14. The molecule has 0 aliphatic carbocycles. The summed E-state index contributed by atoms with van der Waals surface area (Å²) in [6.07, 6.45) is 6.92. The summed E-state index contributed by atoms with van der Waals surface area (Å²) in [6.45, 7) is 15.5. The van der Waals surface area contributed by atoms with Crippen molar-refractivity contribution in [3.63, 3.8) is 0 Å². The molecule has 0 bridgehead atoms. The number of hydrogen-bond donors (Lipinski definition) is 3. The number of nitrogens with two attached hydrogens (primary N) is 2. The highest BCUT2D eigenvalue weighted by atomic mass is 16.5. The number of carbonyl (C=O) groups is 4. The number of allylic oxidation sites excluding steroid dienone is 2. The van der Waals surface area contributed by atoms with Crippen molar-refractivity contribution in [1.82, 2.24) is 43.6 Å². The lowest BCUT2D eigenvalue weighted by Crippen LogP contribution is -2.37. The van der Waals surface area contributed by atoms with Crippen LogP contribution in [0.2, 0.25) is 0 Å². The van der Waals surface area contributed by atoms with Gasteiger partial charge < -0.3 is 34.5 Å². The Hall–Kier alpha value is -7.12. The zero-order valence-electron chi connectivity index (χ0n) is 38.8. The van der Waals surface area contributed by atoms with Crippen LogP contribution in [-0.4, -0.2) is 107 Å². The number of carbonyl (C=O) groups excluding carboxylic acids is 4. The van der Waals surface area contributed by atoms with E-state index in [-0.39, 0.29) is 29.4 Å². The van der Waals surface area contributed by atoms with Gasteiger partial charge in [-0.1, -0.05) is 12.2 Å². The number of unbranched alkanes of at least 4 members (excludes halogenated alkanes) is 1. The minimum absolute atomic E-state index is 0.0418. The normalized spacial score (nSPS) is 13.4. The van der Waals surface area contributed by atoms with Gasteiger partial charge in [0.05, 0.1) is 53.3 Å². The quantitative estimate of drug-likeness (QED) is 0.0435. The number of anilines is 1. The molecule has 0 unspecified atom stereocenters. The van der Waals surface area contributed by atoms with Gasteiger partial charge in [-0.2, -0.15) is 10.2 Å². The second-order valence-corrected chi connectivity index (χ2v) is 16.8. The zero-order chi connectivity index (χ0) is 47.4. The van der Waals surface area contributed by atoms with Gasteiger partial charge in [0.1, 0.15) is 39.8 Å². The van der Waals surface area contributed by atoms with Gasteiger partial charge in [-0.3, -0.25) is 38.8 Å². The molecular formula is C48H58N12O7. The monoisotopic (exact) mass is 914 g/mol. The zero-order valence-corrected chi connectivity index (χ0v) is 38.8. The van der Waals surface area contributed by atoms with Crippen LogP contribution in [0.1, 0.15) is 104 Å². The van der Waals surface area contributed by atoms with E-state index in [0.717, 1.165) is 37.6 Å². The molecule has 6 heterocycles. The van der Waals surface area contributed by atoms with E-state index < -0.39 is 17.7 Å². The summed E-state index contributed by atoms with van der Waals surface area (Å²) in [7, 11) is 0. The third-order valence-electron chi connectivity index (χ3n) is 12.0. The first-order valence-corrected chi connectivity index (χ1v) is 22.9. The molecule has 7 aromatic rings. The van der Waals surface area contributed by atoms with Gasteiger partial charge in [-0.25, -0.2) is 9.97 Å². The van der Waals surface area contributed by atoms with Crippen LogP contribution in [0.25, 0.3) is 33.0 Å². The predicted molar refractivity (Wildman–Crippen MR) is 253 cm³/mol. The van der Waals surface area contributed by atoms with E-state index in [2.05, 4.69) is 25.0 Å². The van der Waals surface area contributed by atoms with E-state index in [1.54, 1.807) is 40.6 Å². The minimum Gasteiger partial charge on any atom is -0.491 e. The maximum Gasteiger partial charge on any atom is 0.276 e. The van der Waals surface area contributed by atoms with Crippen molar-refractivity contribution >= 4 is 62.5 Å². The van der Waals surface area contributed by atoms with Crippen LogP contribution in [0.3, 0.4) is 0 Å². The summed E-state index contributed by atoms with van der Waals surface area (Å²) in [5.74, 6) is 0.458. The Morgan fingerprint density at radius 1 is 0.791 bits per heavy atom. The Balaban J connectivity index is 1.12. The molecule has 1 aliphatic rings. The van der Waals surface area contributed by atoms with Crippen molar-refractivity contribution < 1.29 is 33.1 Å². The maximum atomic E-state index is 13.8. The third kappa shape index (κ3) is 10.0. The molecule has 0 radical (unpaired) electrons. The number of aryl methyl sites for hydroxylation is 6. The summed E-state index contributed by atoms with van der Waals surface area (Å²) < 4.78 is 25.3. The number of benzene rings is 2. The molecule has 67 heavy (non-hydrogen) atoms. The molecular weight excluding hydrogens is 857 g/mol. The van der Waals surface area contributed by atoms with Gasteiger partial charge in [-0.15, -0.1) is 0 Å². The molecule has 1 saturated heterocycles. The van der Waals surface area contributed by atoms with E-state index >= 15 is 0 Å². The van der Waals surface area contributed by atoms with Crippen LogP contribution in [0.5, 0.6) is 5.75 Å². The second-order valence-electron chi connectivity index (χ2n) is 16.8. The average Bonchev–Trinajstić information content (AvgIpc) is 4.14. The number of nitrogens with one attached hydrogen (secondary N) is 1. The molecule has 0 spiro atoms. The molecule has 0 saturated carbocycles. The molecule has 5 N–H and O–H groups in total. The molecule has 2 aromatic carbocycles. The third-order valence-corrected chi connectivity index (χ3v) is 12.0. The van der Waals surface area contributed by atoms with Gasteiger partial charge in [0.2, 0.25) is 11.9 Å². The van der Waals surface area contributed by atoms with Crippen LogP contribution in [0.4, 0.5) is 5.95 Å². The number of imidazole rings is 2. The maximum absolute atomic E-state index is 13.8. The van der Waals surface area contributed by atoms with Gasteiger partial charge in [0, 0.05) is 69.6 Å². The van der Waals surface area contributed by atoms with E-state index in [9.17, 15) is 19.2 Å². The molecule has 19 heteroatoms. The van der Waals surface area contributed by atoms with E-state index in [0.29, 0.717) is 127 Å². The first-order valence-electron chi connectivity index (χ1n) is 22.9. The topological polar surface area (TPSA) is 238 Å². The number of nitrogens with zero attached hydrogens (tertiary/aromatic N) is 9. The van der Waals surface area contributed by atoms with Crippen molar-refractivity contribution in [3.8, 4) is 5.75 Å². The van der Waals surface area contributed by atoms with Crippen LogP contribution in [0, 0.1) is 20.8 Å². The fraction of sp³-hybridized carbons (Fsp3) is 0.417. The smallest absolute Gasteiger partial charge is 0.276 e. The number of aromatic nitrogens is 8. The van der Waals surface area contributed by atoms with Crippen molar-refractivity contribution in [2.45, 2.75) is 92.9 Å². The summed E-state index contributed by atoms with van der Waals surface area (Å²) in [6, 6.07) is 10.3. The number of Topliss-reactive ketones (excluding diaryl/α,β-unsaturated/α-hetero) is 1. The minimum atomic E-state index is -0.666. The Kier molecular flexibility index (Phi) is 14.0. The highest BCUT2D eigenvalue weighted by Gasteiger charge is 2.24. The molecule has 1 fully saturated rings. The number of rotatable bonds is 21. The Morgan fingerprint density at radius 2 is 1.48 bits per heavy atom.